The van der Waals surface area contributed by atoms with Crippen molar-refractivity contribution in [2.24, 2.45) is 0 Å². The fourth-order valence-electron chi connectivity index (χ4n) is 2.11. The number of hydrogen-bond donors (Lipinski definition) is 0. The summed E-state index contributed by atoms with van der Waals surface area (Å²) in [6.45, 7) is 7.35. The molecule has 5 heteroatoms. The lowest BCUT2D eigenvalue weighted by molar-refractivity contribution is 0.346. The summed E-state index contributed by atoms with van der Waals surface area (Å²) < 4.78 is 26.4. The largest absolute Gasteiger partial charge is 0.243 e. The quantitative estimate of drug-likeness (QED) is 0.809. The molecule has 21 heavy (non-hydrogen) atoms. The Kier molecular flexibility index (Phi) is 7.71. The summed E-state index contributed by atoms with van der Waals surface area (Å²) >= 11 is 5.98. The molecule has 1 aliphatic rings. The average molecular weight is 332 g/mol. The van der Waals surface area contributed by atoms with E-state index in [1.165, 1.54) is 12.8 Å². The van der Waals surface area contributed by atoms with Gasteiger partial charge in [-0.05, 0) is 37.5 Å². The first-order valence-corrected chi connectivity index (χ1v) is 9.52. The molecule has 0 unspecified atom stereocenters. The number of unbranched alkanes of at least 4 members (excludes halogenated alkanes) is 1. The maximum atomic E-state index is 12.4. The van der Waals surface area contributed by atoms with Gasteiger partial charge in [-0.25, -0.2) is 8.42 Å². The van der Waals surface area contributed by atoms with Gasteiger partial charge in [-0.3, -0.25) is 0 Å². The van der Waals surface area contributed by atoms with Crippen LogP contribution in [0.5, 0.6) is 0 Å². The Morgan fingerprint density at radius 3 is 2.19 bits per heavy atom. The molecule has 1 aromatic carbocycles. The van der Waals surface area contributed by atoms with E-state index in [1.807, 2.05) is 0 Å². The molecule has 3 nitrogen and oxygen atoms in total. The molecule has 0 aromatic heterocycles. The van der Waals surface area contributed by atoms with Gasteiger partial charge in [0.25, 0.3) is 0 Å². The van der Waals surface area contributed by atoms with E-state index >= 15 is 0 Å². The van der Waals surface area contributed by atoms with Crippen molar-refractivity contribution in [3.05, 3.63) is 28.8 Å². The molecular formula is C16H26ClNO2S. The summed E-state index contributed by atoms with van der Waals surface area (Å²) in [6, 6.07) is 5.03. The van der Waals surface area contributed by atoms with Crippen LogP contribution in [-0.2, 0) is 10.0 Å². The van der Waals surface area contributed by atoms with E-state index in [-0.39, 0.29) is 0 Å². The van der Waals surface area contributed by atoms with Crippen molar-refractivity contribution in [3.63, 3.8) is 0 Å². The molecule has 2 rings (SSSR count). The minimum atomic E-state index is -3.37. The monoisotopic (exact) mass is 331 g/mol. The maximum Gasteiger partial charge on any atom is 0.243 e. The number of benzene rings is 1. The van der Waals surface area contributed by atoms with E-state index < -0.39 is 10.0 Å². The van der Waals surface area contributed by atoms with Crippen LogP contribution in [0.4, 0.5) is 0 Å². The van der Waals surface area contributed by atoms with Crippen LogP contribution in [0.15, 0.2) is 23.1 Å². The van der Waals surface area contributed by atoms with Crippen LogP contribution in [0.25, 0.3) is 0 Å². The van der Waals surface area contributed by atoms with Crippen LogP contribution in [-0.4, -0.2) is 25.8 Å². The zero-order valence-corrected chi connectivity index (χ0v) is 14.8. The fraction of sp³-hybridized carbons (Fsp3) is 0.625. The third kappa shape index (κ3) is 4.97. The molecular weight excluding hydrogens is 306 g/mol. The van der Waals surface area contributed by atoms with Crippen molar-refractivity contribution in [2.45, 2.75) is 57.8 Å². The molecule has 1 saturated heterocycles. The number of piperidine rings is 1. The van der Waals surface area contributed by atoms with Crippen molar-refractivity contribution >= 4 is 21.6 Å². The van der Waals surface area contributed by atoms with Gasteiger partial charge in [-0.15, -0.1) is 0 Å². The second kappa shape index (κ2) is 8.76. The highest BCUT2D eigenvalue weighted by Crippen LogP contribution is 2.27. The van der Waals surface area contributed by atoms with Gasteiger partial charge in [0, 0.05) is 18.1 Å². The minimum absolute atomic E-state index is 0.340. The van der Waals surface area contributed by atoms with E-state index in [0.29, 0.717) is 28.6 Å². The predicted molar refractivity (Wildman–Crippen MR) is 89.4 cm³/mol. The second-order valence-corrected chi connectivity index (χ2v) is 7.64. The molecule has 120 valence electrons. The number of halogens is 1. The first-order chi connectivity index (χ1) is 9.95. The van der Waals surface area contributed by atoms with Gasteiger partial charge in [-0.2, -0.15) is 4.31 Å². The third-order valence-corrected chi connectivity index (χ3v) is 6.10. The lowest BCUT2D eigenvalue weighted by Crippen LogP contribution is -2.35. The van der Waals surface area contributed by atoms with Gasteiger partial charge in [0.15, 0.2) is 0 Å². The Morgan fingerprint density at radius 1 is 1.10 bits per heavy atom. The Morgan fingerprint density at radius 2 is 1.67 bits per heavy atom. The number of sulfonamides is 1. The van der Waals surface area contributed by atoms with Crippen molar-refractivity contribution in [1.82, 2.24) is 4.31 Å². The third-order valence-electron chi connectivity index (χ3n) is 3.65. The Balaban J connectivity index is 0.000000491. The Bertz CT molecular complexity index is 535. The van der Waals surface area contributed by atoms with Crippen LogP contribution in [0.3, 0.4) is 0 Å². The summed E-state index contributed by atoms with van der Waals surface area (Å²) in [7, 11) is -3.37. The molecule has 1 aromatic rings. The van der Waals surface area contributed by atoms with Gasteiger partial charge in [0.1, 0.15) is 0 Å². The topological polar surface area (TPSA) is 37.4 Å². The summed E-state index contributed by atoms with van der Waals surface area (Å²) in [5, 5.41) is 0.503. The smallest absolute Gasteiger partial charge is 0.207 e. The predicted octanol–water partition coefficient (Wildman–Crippen LogP) is 4.63. The fourth-order valence-corrected chi connectivity index (χ4v) is 4.11. The Labute approximate surface area is 134 Å². The van der Waals surface area contributed by atoms with Crippen molar-refractivity contribution < 1.29 is 8.42 Å². The normalized spacial score (nSPS) is 16.2. The van der Waals surface area contributed by atoms with Crippen LogP contribution >= 0.6 is 11.6 Å². The van der Waals surface area contributed by atoms with Gasteiger partial charge in [-0.1, -0.05) is 50.8 Å². The summed E-state index contributed by atoms with van der Waals surface area (Å²) in [6.07, 6.45) is 5.64. The van der Waals surface area contributed by atoms with E-state index in [9.17, 15) is 8.42 Å². The van der Waals surface area contributed by atoms with Gasteiger partial charge in [0.05, 0.1) is 4.90 Å². The first-order valence-electron chi connectivity index (χ1n) is 7.70. The highest BCUT2D eigenvalue weighted by Gasteiger charge is 2.27. The van der Waals surface area contributed by atoms with Gasteiger partial charge >= 0.3 is 0 Å². The molecule has 0 bridgehead atoms. The first kappa shape index (κ1) is 18.5. The van der Waals surface area contributed by atoms with Crippen LogP contribution < -0.4 is 0 Å². The van der Waals surface area contributed by atoms with E-state index in [4.69, 9.17) is 11.6 Å². The van der Waals surface area contributed by atoms with Crippen LogP contribution in [0.2, 0.25) is 5.02 Å². The standard InChI is InChI=1S/C12H16ClNO2S.C4H10/c1-10-11(13)6-5-7-12(10)17(15,16)14-8-3-2-4-9-14;1-3-4-2/h5-7H,2-4,8-9H2,1H3;3-4H2,1-2H3. The highest BCUT2D eigenvalue weighted by atomic mass is 35.5. The lowest BCUT2D eigenvalue weighted by atomic mass is 10.2. The van der Waals surface area contributed by atoms with E-state index in [1.54, 1.807) is 29.4 Å². The van der Waals surface area contributed by atoms with E-state index in [0.717, 1.165) is 19.3 Å². The number of nitrogens with zero attached hydrogens (tertiary/aromatic N) is 1. The SMILES string of the molecule is CCCC.Cc1c(Cl)cccc1S(=O)(=O)N1CCCCC1. The molecule has 1 fully saturated rings. The summed E-state index contributed by atoms with van der Waals surface area (Å²) in [4.78, 5) is 0.340. The zero-order valence-electron chi connectivity index (χ0n) is 13.2. The molecule has 0 spiro atoms. The molecule has 1 heterocycles. The van der Waals surface area contributed by atoms with Crippen molar-refractivity contribution in [2.75, 3.05) is 13.1 Å². The molecule has 0 amide bonds. The minimum Gasteiger partial charge on any atom is -0.207 e. The van der Waals surface area contributed by atoms with E-state index in [2.05, 4.69) is 13.8 Å². The van der Waals surface area contributed by atoms with Crippen LogP contribution in [0, 0.1) is 6.92 Å². The van der Waals surface area contributed by atoms with Gasteiger partial charge in [0.2, 0.25) is 10.0 Å². The lowest BCUT2D eigenvalue weighted by Gasteiger charge is -2.26. The zero-order chi connectivity index (χ0) is 15.9. The van der Waals surface area contributed by atoms with Gasteiger partial charge < -0.3 is 0 Å². The Hall–Kier alpha value is -0.580. The van der Waals surface area contributed by atoms with Crippen molar-refractivity contribution in [1.29, 1.82) is 0 Å². The number of hydrogen-bond acceptors (Lipinski definition) is 2. The molecule has 0 radical (unpaired) electrons. The maximum absolute atomic E-state index is 12.4. The second-order valence-electron chi connectivity index (χ2n) is 5.33. The number of rotatable bonds is 3. The van der Waals surface area contributed by atoms with Crippen molar-refractivity contribution in [3.8, 4) is 0 Å². The molecule has 1 aliphatic heterocycles. The summed E-state index contributed by atoms with van der Waals surface area (Å²) in [5.74, 6) is 0. The van der Waals surface area contributed by atoms with Crippen LogP contribution in [0.1, 0.15) is 51.5 Å². The average Bonchev–Trinajstić information content (AvgIpc) is 2.51. The summed E-state index contributed by atoms with van der Waals surface area (Å²) in [5.41, 5.74) is 0.639. The molecule has 0 saturated carbocycles. The molecule has 0 aliphatic carbocycles. The highest BCUT2D eigenvalue weighted by molar-refractivity contribution is 7.89. The molecule has 0 N–H and O–H groups in total. The molecule has 0 atom stereocenters.